The van der Waals surface area contributed by atoms with Crippen LogP contribution in [0.1, 0.15) is 60.5 Å². The van der Waals surface area contributed by atoms with E-state index in [1.54, 1.807) is 25.6 Å². The number of carbonyl (C=O) groups excluding carboxylic acids is 1. The predicted molar refractivity (Wildman–Crippen MR) is 136 cm³/mol. The minimum absolute atomic E-state index is 0.0407. The van der Waals surface area contributed by atoms with Gasteiger partial charge in [0.05, 0.1) is 6.10 Å². The molecule has 0 spiro atoms. The van der Waals surface area contributed by atoms with Crippen molar-refractivity contribution >= 4 is 27.2 Å². The van der Waals surface area contributed by atoms with Gasteiger partial charge >= 0.3 is 0 Å². The lowest BCUT2D eigenvalue weighted by Crippen LogP contribution is -2.48. The zero-order valence-electron chi connectivity index (χ0n) is 20.7. The Labute approximate surface area is 210 Å². The number of rotatable bonds is 8. The van der Waals surface area contributed by atoms with E-state index in [1.165, 1.54) is 0 Å². The molecule has 0 N–H and O–H groups in total. The minimum Gasteiger partial charge on any atom is -0.487 e. The van der Waals surface area contributed by atoms with Crippen LogP contribution in [0.5, 0.6) is 11.5 Å². The molecule has 1 aromatic heterocycles. The molecule has 7 heteroatoms. The summed E-state index contributed by atoms with van der Waals surface area (Å²) >= 11 is 1.58. The highest BCUT2D eigenvalue weighted by molar-refractivity contribution is 7.17. The smallest absolute Gasteiger partial charge is 0.194 e. The van der Waals surface area contributed by atoms with Crippen LogP contribution in [0, 0.1) is 5.92 Å². The maximum atomic E-state index is 13.7. The molecule has 0 amide bonds. The molecule has 186 valence electrons. The summed E-state index contributed by atoms with van der Waals surface area (Å²) in [5, 5.41) is 2.90. The quantitative estimate of drug-likeness (QED) is 0.275. The van der Waals surface area contributed by atoms with Crippen LogP contribution in [-0.2, 0) is 14.2 Å². The molecule has 2 aromatic carbocycles. The first kappa shape index (κ1) is 24.3. The number of ketones is 1. The lowest BCUT2D eigenvalue weighted by atomic mass is 9.65. The van der Waals surface area contributed by atoms with Crippen molar-refractivity contribution in [2.24, 2.45) is 5.92 Å². The molecule has 0 bridgehead atoms. The van der Waals surface area contributed by atoms with E-state index in [9.17, 15) is 4.79 Å². The summed E-state index contributed by atoms with van der Waals surface area (Å²) in [4.78, 5) is 13.7. The molecule has 35 heavy (non-hydrogen) atoms. The van der Waals surface area contributed by atoms with Crippen LogP contribution in [0.25, 0.3) is 10.1 Å². The third-order valence-electron chi connectivity index (χ3n) is 7.28. The molecule has 1 fully saturated rings. The van der Waals surface area contributed by atoms with E-state index in [0.29, 0.717) is 28.5 Å². The molecule has 2 aliphatic rings. The Morgan fingerprint density at radius 2 is 1.91 bits per heavy atom. The monoisotopic (exact) mass is 496 g/mol. The van der Waals surface area contributed by atoms with Crippen molar-refractivity contribution in [3.05, 3.63) is 58.5 Å². The van der Waals surface area contributed by atoms with Crippen molar-refractivity contribution in [3.8, 4) is 11.5 Å². The SMILES string of the molecule is COCOc1cc(C(=O)c2csc3ccccc23)cc2c1[C@@H]1C[C@H](OCOC)CC[C@H]1C(C)(C)O2. The summed E-state index contributed by atoms with van der Waals surface area (Å²) in [7, 11) is 3.24. The predicted octanol–water partition coefficient (Wildman–Crippen LogP) is 6.16. The fourth-order valence-corrected chi connectivity index (χ4v) is 6.63. The molecule has 1 aliphatic carbocycles. The first-order valence-corrected chi connectivity index (χ1v) is 12.9. The van der Waals surface area contributed by atoms with Crippen LogP contribution in [0.3, 0.4) is 0 Å². The van der Waals surface area contributed by atoms with Crippen LogP contribution in [0.15, 0.2) is 41.8 Å². The second-order valence-corrected chi connectivity index (χ2v) is 10.7. The van der Waals surface area contributed by atoms with Gasteiger partial charge in [0, 0.05) is 58.2 Å². The maximum absolute atomic E-state index is 13.7. The van der Waals surface area contributed by atoms with E-state index < -0.39 is 0 Å². The standard InChI is InChI=1S/C28H32O6S/c1-28(2)22-10-9-18(32-15-30-3)13-20(22)26-23(33-16-31-4)11-17(12-24(26)34-28)27(29)21-14-35-25-8-6-5-7-19(21)25/h5-8,11-12,14,18,20,22H,9-10,13,15-16H2,1-4H3/t18-,20-,22-/m1/s1. The van der Waals surface area contributed by atoms with E-state index in [2.05, 4.69) is 13.8 Å². The summed E-state index contributed by atoms with van der Waals surface area (Å²) in [6.07, 6.45) is 2.89. The number of fused-ring (bicyclic) bond motifs is 4. The maximum Gasteiger partial charge on any atom is 0.194 e. The fraction of sp³-hybridized carbons (Fsp3) is 0.464. The molecular weight excluding hydrogens is 464 g/mol. The zero-order valence-corrected chi connectivity index (χ0v) is 21.5. The lowest BCUT2D eigenvalue weighted by Gasteiger charge is -2.49. The van der Waals surface area contributed by atoms with Gasteiger partial charge in [-0.25, -0.2) is 0 Å². The molecule has 3 aromatic rings. The van der Waals surface area contributed by atoms with E-state index in [4.69, 9.17) is 23.7 Å². The van der Waals surface area contributed by atoms with Gasteiger partial charge in [-0.3, -0.25) is 4.79 Å². The van der Waals surface area contributed by atoms with Crippen molar-refractivity contribution in [2.45, 2.75) is 50.7 Å². The third-order valence-corrected chi connectivity index (χ3v) is 8.25. The van der Waals surface area contributed by atoms with Gasteiger partial charge in [-0.2, -0.15) is 0 Å². The van der Waals surface area contributed by atoms with E-state index in [1.807, 2.05) is 41.8 Å². The number of methoxy groups -OCH3 is 2. The minimum atomic E-state index is -0.376. The van der Waals surface area contributed by atoms with Gasteiger partial charge in [0.2, 0.25) is 0 Å². The molecule has 5 rings (SSSR count). The van der Waals surface area contributed by atoms with Crippen molar-refractivity contribution in [2.75, 3.05) is 27.8 Å². The fourth-order valence-electron chi connectivity index (χ4n) is 5.69. The number of ether oxygens (including phenoxy) is 5. The van der Waals surface area contributed by atoms with Gasteiger partial charge in [0.15, 0.2) is 12.6 Å². The largest absolute Gasteiger partial charge is 0.487 e. The molecule has 0 saturated heterocycles. The highest BCUT2D eigenvalue weighted by atomic mass is 32.1. The summed E-state index contributed by atoms with van der Waals surface area (Å²) in [6.45, 7) is 4.65. The molecule has 6 nitrogen and oxygen atoms in total. The lowest BCUT2D eigenvalue weighted by molar-refractivity contribution is -0.105. The molecule has 0 unspecified atom stereocenters. The van der Waals surface area contributed by atoms with Crippen LogP contribution in [0.4, 0.5) is 0 Å². The number of benzene rings is 2. The number of thiophene rings is 1. The molecule has 3 atom stereocenters. The van der Waals surface area contributed by atoms with E-state index in [0.717, 1.165) is 34.9 Å². The van der Waals surface area contributed by atoms with Crippen molar-refractivity contribution < 1.29 is 28.5 Å². The summed E-state index contributed by atoms with van der Waals surface area (Å²) in [6, 6.07) is 11.7. The van der Waals surface area contributed by atoms with Crippen LogP contribution < -0.4 is 9.47 Å². The second-order valence-electron chi connectivity index (χ2n) is 9.84. The van der Waals surface area contributed by atoms with Gasteiger partial charge in [-0.05, 0) is 51.3 Å². The third kappa shape index (κ3) is 4.58. The highest BCUT2D eigenvalue weighted by Crippen LogP contribution is 2.55. The zero-order chi connectivity index (χ0) is 24.6. The van der Waals surface area contributed by atoms with Crippen LogP contribution >= 0.6 is 11.3 Å². The normalized spacial score (nSPS) is 22.8. The molecule has 0 radical (unpaired) electrons. The van der Waals surface area contributed by atoms with Crippen LogP contribution in [0.2, 0.25) is 0 Å². The highest BCUT2D eigenvalue weighted by Gasteiger charge is 2.48. The Morgan fingerprint density at radius 1 is 1.11 bits per heavy atom. The van der Waals surface area contributed by atoms with Gasteiger partial charge in [0.1, 0.15) is 23.9 Å². The molecular formula is C28H32O6S. The number of hydrogen-bond acceptors (Lipinski definition) is 7. The average Bonchev–Trinajstić information content (AvgIpc) is 3.29. The van der Waals surface area contributed by atoms with Crippen LogP contribution in [-0.4, -0.2) is 45.3 Å². The van der Waals surface area contributed by atoms with Gasteiger partial charge in [-0.15, -0.1) is 11.3 Å². The second kappa shape index (κ2) is 9.90. The van der Waals surface area contributed by atoms with Crippen molar-refractivity contribution in [3.63, 3.8) is 0 Å². The van der Waals surface area contributed by atoms with Crippen molar-refractivity contribution in [1.29, 1.82) is 0 Å². The summed E-state index contributed by atoms with van der Waals surface area (Å²) in [5.74, 6) is 1.80. The number of carbonyl (C=O) groups is 1. The molecule has 1 aliphatic heterocycles. The van der Waals surface area contributed by atoms with Gasteiger partial charge < -0.3 is 23.7 Å². The average molecular weight is 497 g/mol. The Morgan fingerprint density at radius 3 is 2.71 bits per heavy atom. The molecule has 1 saturated carbocycles. The van der Waals surface area contributed by atoms with Gasteiger partial charge in [-0.1, -0.05) is 18.2 Å². The first-order chi connectivity index (χ1) is 16.9. The van der Waals surface area contributed by atoms with Crippen molar-refractivity contribution in [1.82, 2.24) is 0 Å². The Balaban J connectivity index is 1.57. The summed E-state index contributed by atoms with van der Waals surface area (Å²) < 4.78 is 30.1. The van der Waals surface area contributed by atoms with E-state index in [-0.39, 0.29) is 37.0 Å². The summed E-state index contributed by atoms with van der Waals surface area (Å²) in [5.41, 5.74) is 1.88. The van der Waals surface area contributed by atoms with Gasteiger partial charge in [0.25, 0.3) is 0 Å². The first-order valence-electron chi connectivity index (χ1n) is 12.0. The van der Waals surface area contributed by atoms with E-state index >= 15 is 0 Å². The Kier molecular flexibility index (Phi) is 6.86. The number of hydrogen-bond donors (Lipinski definition) is 0. The molecule has 2 heterocycles. The Hall–Kier alpha value is -2.45. The topological polar surface area (TPSA) is 63.2 Å². The Bertz CT molecular complexity index is 1220.